The molecule has 1 aromatic heterocycles. The molecule has 9 nitrogen and oxygen atoms in total. The molecule has 1 aromatic carbocycles. The van der Waals surface area contributed by atoms with E-state index >= 15 is 0 Å². The summed E-state index contributed by atoms with van der Waals surface area (Å²) in [5, 5.41) is 21.1. The van der Waals surface area contributed by atoms with Crippen molar-refractivity contribution in [3.05, 3.63) is 30.3 Å². The normalized spacial score (nSPS) is 18.8. The van der Waals surface area contributed by atoms with Gasteiger partial charge in [0.1, 0.15) is 6.04 Å². The second-order valence-corrected chi connectivity index (χ2v) is 5.85. The number of rotatable bonds is 5. The summed E-state index contributed by atoms with van der Waals surface area (Å²) in [7, 11) is 0. The topological polar surface area (TPSA) is 110 Å². The van der Waals surface area contributed by atoms with Crippen molar-refractivity contribution in [2.75, 3.05) is 19.7 Å². The predicted molar refractivity (Wildman–Crippen MR) is 86.5 cm³/mol. The number of aromatic nitrogens is 4. The first-order chi connectivity index (χ1) is 12.0. The van der Waals surface area contributed by atoms with Crippen LogP contribution in [0.3, 0.4) is 0 Å². The molecule has 1 amide bonds. The maximum atomic E-state index is 12.7. The van der Waals surface area contributed by atoms with Gasteiger partial charge in [0.15, 0.2) is 0 Å². The van der Waals surface area contributed by atoms with E-state index < -0.39 is 18.1 Å². The lowest BCUT2D eigenvalue weighted by molar-refractivity contribution is -0.149. The molecule has 9 heteroatoms. The Kier molecular flexibility index (Phi) is 5.03. The van der Waals surface area contributed by atoms with Crippen LogP contribution in [0.2, 0.25) is 0 Å². The summed E-state index contributed by atoms with van der Waals surface area (Å²) in [6.07, 6.45) is -0.622. The van der Waals surface area contributed by atoms with Gasteiger partial charge in [-0.05, 0) is 12.1 Å². The lowest BCUT2D eigenvalue weighted by atomic mass is 10.2. The van der Waals surface area contributed by atoms with Gasteiger partial charge in [0.2, 0.25) is 11.7 Å². The zero-order valence-corrected chi connectivity index (χ0v) is 13.8. The molecule has 132 valence electrons. The van der Waals surface area contributed by atoms with Gasteiger partial charge < -0.3 is 14.7 Å². The Morgan fingerprint density at radius 1 is 1.36 bits per heavy atom. The minimum atomic E-state index is -0.946. The molecule has 2 heterocycles. The molecule has 1 saturated heterocycles. The Hall–Kier alpha value is -2.81. The number of aliphatic carboxylic acids is 1. The number of nitrogens with zero attached hydrogens (tertiary/aromatic N) is 5. The SMILES string of the molecule is C[C@@H](C(=O)N1CCO[C@@H](CC(=O)O)C1)n1nnc(-c2ccccc2)n1. The van der Waals surface area contributed by atoms with Crippen LogP contribution < -0.4 is 0 Å². The first-order valence-corrected chi connectivity index (χ1v) is 8.01. The standard InChI is InChI=1S/C16H19N5O4/c1-11(16(24)20-7-8-25-13(10-20)9-14(22)23)21-18-15(17-19-21)12-5-3-2-4-6-12/h2-6,11,13H,7-10H2,1H3,(H,22,23)/t11-,13-/m0/s1. The van der Waals surface area contributed by atoms with Crippen LogP contribution in [0, 0.1) is 0 Å². The van der Waals surface area contributed by atoms with Crippen LogP contribution >= 0.6 is 0 Å². The second-order valence-electron chi connectivity index (χ2n) is 5.85. The Bertz CT molecular complexity index is 748. The number of carboxylic acids is 1. The highest BCUT2D eigenvalue weighted by Crippen LogP contribution is 2.16. The maximum absolute atomic E-state index is 12.7. The van der Waals surface area contributed by atoms with Crippen molar-refractivity contribution >= 4 is 11.9 Å². The molecule has 2 atom stereocenters. The van der Waals surface area contributed by atoms with Crippen LogP contribution in [0.1, 0.15) is 19.4 Å². The largest absolute Gasteiger partial charge is 0.481 e. The zero-order valence-electron chi connectivity index (χ0n) is 13.8. The summed E-state index contributed by atoms with van der Waals surface area (Å²) in [4.78, 5) is 26.4. The minimum absolute atomic E-state index is 0.127. The van der Waals surface area contributed by atoms with E-state index in [0.29, 0.717) is 19.0 Å². The quantitative estimate of drug-likeness (QED) is 0.845. The number of hydrogen-bond donors (Lipinski definition) is 1. The van der Waals surface area contributed by atoms with E-state index in [0.717, 1.165) is 5.56 Å². The number of carbonyl (C=O) groups is 2. The number of amides is 1. The van der Waals surface area contributed by atoms with Gasteiger partial charge in [-0.1, -0.05) is 30.3 Å². The molecule has 0 spiro atoms. The van der Waals surface area contributed by atoms with Gasteiger partial charge in [-0.25, -0.2) is 0 Å². The summed E-state index contributed by atoms with van der Waals surface area (Å²) in [5.74, 6) is -0.681. The molecular formula is C16H19N5O4. The fourth-order valence-corrected chi connectivity index (χ4v) is 2.69. The van der Waals surface area contributed by atoms with Crippen LogP contribution in [0.5, 0.6) is 0 Å². The third kappa shape index (κ3) is 4.00. The number of benzene rings is 1. The lowest BCUT2D eigenvalue weighted by Gasteiger charge is -2.33. The third-order valence-electron chi connectivity index (χ3n) is 4.02. The molecule has 0 aliphatic carbocycles. The van der Waals surface area contributed by atoms with Crippen LogP contribution in [-0.4, -0.2) is 67.9 Å². The van der Waals surface area contributed by atoms with Crippen molar-refractivity contribution < 1.29 is 19.4 Å². The Balaban J connectivity index is 1.68. The monoisotopic (exact) mass is 345 g/mol. The van der Waals surface area contributed by atoms with Gasteiger partial charge in [-0.2, -0.15) is 4.80 Å². The van der Waals surface area contributed by atoms with Crippen LogP contribution in [-0.2, 0) is 14.3 Å². The second kappa shape index (κ2) is 7.39. The van der Waals surface area contributed by atoms with Gasteiger partial charge >= 0.3 is 5.97 Å². The fraction of sp³-hybridized carbons (Fsp3) is 0.438. The van der Waals surface area contributed by atoms with E-state index in [9.17, 15) is 9.59 Å². The molecule has 0 radical (unpaired) electrons. The van der Waals surface area contributed by atoms with Crippen LogP contribution in [0.4, 0.5) is 0 Å². The number of ether oxygens (including phenoxy) is 1. The predicted octanol–water partition coefficient (Wildman–Crippen LogP) is 0.603. The summed E-state index contributed by atoms with van der Waals surface area (Å²) < 4.78 is 5.39. The number of hydrogen-bond acceptors (Lipinski definition) is 6. The Morgan fingerprint density at radius 2 is 2.12 bits per heavy atom. The van der Waals surface area contributed by atoms with Crippen molar-refractivity contribution in [2.45, 2.75) is 25.5 Å². The minimum Gasteiger partial charge on any atom is -0.481 e. The molecule has 1 fully saturated rings. The fourth-order valence-electron chi connectivity index (χ4n) is 2.69. The Labute approximate surface area is 144 Å². The highest BCUT2D eigenvalue weighted by atomic mass is 16.5. The molecule has 0 saturated carbocycles. The van der Waals surface area contributed by atoms with E-state index in [1.807, 2.05) is 30.3 Å². The highest BCUT2D eigenvalue weighted by molar-refractivity contribution is 5.80. The zero-order chi connectivity index (χ0) is 17.8. The average molecular weight is 345 g/mol. The number of carboxylic acid groups (broad SMARTS) is 1. The van der Waals surface area contributed by atoms with Crippen molar-refractivity contribution in [1.82, 2.24) is 25.1 Å². The summed E-state index contributed by atoms with van der Waals surface area (Å²) in [5.41, 5.74) is 0.821. The third-order valence-corrected chi connectivity index (χ3v) is 4.02. The maximum Gasteiger partial charge on any atom is 0.306 e. The van der Waals surface area contributed by atoms with Gasteiger partial charge in [0.05, 0.1) is 19.1 Å². The number of carbonyl (C=O) groups excluding carboxylic acids is 1. The van der Waals surface area contributed by atoms with Crippen molar-refractivity contribution in [3.8, 4) is 11.4 Å². The highest BCUT2D eigenvalue weighted by Gasteiger charge is 2.30. The van der Waals surface area contributed by atoms with Crippen LogP contribution in [0.15, 0.2) is 30.3 Å². The van der Waals surface area contributed by atoms with Crippen molar-refractivity contribution in [2.24, 2.45) is 0 Å². The molecule has 1 aliphatic rings. The van der Waals surface area contributed by atoms with Gasteiger partial charge in [-0.3, -0.25) is 9.59 Å². The van der Waals surface area contributed by atoms with E-state index in [-0.39, 0.29) is 18.9 Å². The van der Waals surface area contributed by atoms with E-state index in [4.69, 9.17) is 9.84 Å². The van der Waals surface area contributed by atoms with Gasteiger partial charge in [0.25, 0.3) is 0 Å². The molecule has 1 N–H and O–H groups in total. The Morgan fingerprint density at radius 3 is 2.84 bits per heavy atom. The number of morpholine rings is 1. The molecule has 0 unspecified atom stereocenters. The van der Waals surface area contributed by atoms with E-state index in [1.54, 1.807) is 11.8 Å². The van der Waals surface area contributed by atoms with Gasteiger partial charge in [-0.15, -0.1) is 10.2 Å². The molecule has 25 heavy (non-hydrogen) atoms. The molecule has 1 aliphatic heterocycles. The van der Waals surface area contributed by atoms with E-state index in [1.165, 1.54) is 4.80 Å². The number of tetrazole rings is 1. The van der Waals surface area contributed by atoms with E-state index in [2.05, 4.69) is 15.4 Å². The lowest BCUT2D eigenvalue weighted by Crippen LogP contribution is -2.48. The smallest absolute Gasteiger partial charge is 0.306 e. The molecular weight excluding hydrogens is 326 g/mol. The first kappa shape index (κ1) is 17.0. The van der Waals surface area contributed by atoms with Crippen molar-refractivity contribution in [3.63, 3.8) is 0 Å². The molecule has 2 aromatic rings. The first-order valence-electron chi connectivity index (χ1n) is 8.01. The van der Waals surface area contributed by atoms with Crippen LogP contribution in [0.25, 0.3) is 11.4 Å². The average Bonchev–Trinajstić information content (AvgIpc) is 3.11. The van der Waals surface area contributed by atoms with Crippen molar-refractivity contribution in [1.29, 1.82) is 0 Å². The van der Waals surface area contributed by atoms with Gasteiger partial charge in [0, 0.05) is 18.7 Å². The summed E-state index contributed by atoms with van der Waals surface area (Å²) >= 11 is 0. The molecule has 0 bridgehead atoms. The summed E-state index contributed by atoms with van der Waals surface area (Å²) in [6.45, 7) is 2.67. The summed E-state index contributed by atoms with van der Waals surface area (Å²) in [6, 6.07) is 8.75. The molecule has 3 rings (SSSR count).